The molecule has 0 saturated carbocycles. The molecule has 0 saturated heterocycles. The Hall–Kier alpha value is -2.76. The van der Waals surface area contributed by atoms with Crippen LogP contribution in [0.3, 0.4) is 0 Å². The largest absolute Gasteiger partial charge is 0.497 e. The van der Waals surface area contributed by atoms with E-state index in [9.17, 15) is 9.59 Å². The van der Waals surface area contributed by atoms with Crippen LogP contribution in [0, 0.1) is 0 Å². The molecule has 0 aliphatic rings. The van der Waals surface area contributed by atoms with Gasteiger partial charge in [0.15, 0.2) is 6.10 Å². The van der Waals surface area contributed by atoms with Gasteiger partial charge in [0.1, 0.15) is 11.5 Å². The van der Waals surface area contributed by atoms with Crippen molar-refractivity contribution in [3.63, 3.8) is 0 Å². The average Bonchev–Trinajstić information content (AvgIpc) is 3.06. The molecule has 0 radical (unpaired) electrons. The van der Waals surface area contributed by atoms with Crippen LogP contribution in [-0.2, 0) is 27.3 Å². The van der Waals surface area contributed by atoms with Crippen LogP contribution in [0.4, 0.5) is 0 Å². The number of ether oxygens (including phenoxy) is 2. The Bertz CT molecular complexity index is 634. The second kappa shape index (κ2) is 8.03. The van der Waals surface area contributed by atoms with Crippen LogP contribution in [0.1, 0.15) is 18.2 Å². The van der Waals surface area contributed by atoms with Gasteiger partial charge in [0.2, 0.25) is 0 Å². The minimum absolute atomic E-state index is 0.0970. The molecule has 1 N–H and O–H groups in total. The lowest BCUT2D eigenvalue weighted by atomic mass is 10.1. The van der Waals surface area contributed by atoms with Crippen molar-refractivity contribution in [2.45, 2.75) is 26.0 Å². The second-order valence-electron chi connectivity index (χ2n) is 4.95. The monoisotopic (exact) mass is 317 g/mol. The van der Waals surface area contributed by atoms with E-state index < -0.39 is 12.1 Å². The number of hydrogen-bond acceptors (Lipinski definition) is 5. The highest BCUT2D eigenvalue weighted by molar-refractivity contribution is 5.83. The van der Waals surface area contributed by atoms with Crippen LogP contribution in [0.25, 0.3) is 0 Å². The van der Waals surface area contributed by atoms with Gasteiger partial charge >= 0.3 is 5.97 Å². The summed E-state index contributed by atoms with van der Waals surface area (Å²) in [4.78, 5) is 23.7. The average molecular weight is 317 g/mol. The summed E-state index contributed by atoms with van der Waals surface area (Å²) in [5.74, 6) is 0.517. The maximum Gasteiger partial charge on any atom is 0.311 e. The molecule has 23 heavy (non-hydrogen) atoms. The first-order valence-corrected chi connectivity index (χ1v) is 7.21. The predicted octanol–water partition coefficient (Wildman–Crippen LogP) is 2.08. The smallest absolute Gasteiger partial charge is 0.311 e. The van der Waals surface area contributed by atoms with Gasteiger partial charge in [0.05, 0.1) is 26.3 Å². The number of furan rings is 1. The highest BCUT2D eigenvalue weighted by atomic mass is 16.5. The number of rotatable bonds is 7. The molecule has 0 aliphatic carbocycles. The Morgan fingerprint density at radius 3 is 2.57 bits per heavy atom. The predicted molar refractivity (Wildman–Crippen MR) is 82.8 cm³/mol. The molecule has 6 nitrogen and oxygen atoms in total. The van der Waals surface area contributed by atoms with Crippen LogP contribution < -0.4 is 10.1 Å². The highest BCUT2D eigenvalue weighted by Crippen LogP contribution is 2.12. The van der Waals surface area contributed by atoms with E-state index in [0.29, 0.717) is 11.5 Å². The first kappa shape index (κ1) is 16.6. The Kier molecular flexibility index (Phi) is 5.80. The second-order valence-corrected chi connectivity index (χ2v) is 4.95. The lowest BCUT2D eigenvalue weighted by Crippen LogP contribution is -2.35. The third-order valence-corrected chi connectivity index (χ3v) is 3.20. The first-order chi connectivity index (χ1) is 11.1. The van der Waals surface area contributed by atoms with E-state index >= 15 is 0 Å². The van der Waals surface area contributed by atoms with Gasteiger partial charge in [-0.2, -0.15) is 0 Å². The molecule has 0 unspecified atom stereocenters. The van der Waals surface area contributed by atoms with Gasteiger partial charge in [0, 0.05) is 0 Å². The number of esters is 1. The minimum Gasteiger partial charge on any atom is -0.497 e. The summed E-state index contributed by atoms with van der Waals surface area (Å²) in [5, 5.41) is 2.64. The molecule has 1 atom stereocenters. The zero-order chi connectivity index (χ0) is 16.7. The minimum atomic E-state index is -0.865. The maximum absolute atomic E-state index is 11.9. The molecule has 2 rings (SSSR count). The van der Waals surface area contributed by atoms with E-state index in [4.69, 9.17) is 13.9 Å². The fourth-order valence-electron chi connectivity index (χ4n) is 1.93. The summed E-state index contributed by atoms with van der Waals surface area (Å²) < 4.78 is 15.3. The molecule has 6 heteroatoms. The standard InChI is InChI=1S/C17H19NO5/c1-12(17(20)18-11-15-4-3-9-22-15)23-16(19)10-13-5-7-14(21-2)8-6-13/h3-9,12H,10-11H2,1-2H3,(H,18,20)/t12-/m1/s1. The van der Waals surface area contributed by atoms with E-state index in [2.05, 4.69) is 5.32 Å². The number of amides is 1. The quantitative estimate of drug-likeness (QED) is 0.791. The summed E-state index contributed by atoms with van der Waals surface area (Å²) in [5.41, 5.74) is 0.791. The molecular formula is C17H19NO5. The van der Waals surface area contributed by atoms with Crippen molar-refractivity contribution in [3.8, 4) is 5.75 Å². The van der Waals surface area contributed by atoms with E-state index in [0.717, 1.165) is 5.56 Å². The van der Waals surface area contributed by atoms with Gasteiger partial charge < -0.3 is 19.2 Å². The van der Waals surface area contributed by atoms with Crippen molar-refractivity contribution in [1.29, 1.82) is 0 Å². The van der Waals surface area contributed by atoms with E-state index in [1.54, 1.807) is 43.5 Å². The number of carbonyl (C=O) groups excluding carboxylic acids is 2. The molecule has 1 amide bonds. The SMILES string of the molecule is COc1ccc(CC(=O)O[C@H](C)C(=O)NCc2ccco2)cc1. The van der Waals surface area contributed by atoms with Gasteiger partial charge in [0.25, 0.3) is 5.91 Å². The van der Waals surface area contributed by atoms with Crippen molar-refractivity contribution >= 4 is 11.9 Å². The molecule has 1 aromatic carbocycles. The van der Waals surface area contributed by atoms with Gasteiger partial charge in [-0.05, 0) is 36.8 Å². The van der Waals surface area contributed by atoms with Crippen LogP contribution in [0.2, 0.25) is 0 Å². The topological polar surface area (TPSA) is 77.8 Å². The summed E-state index contributed by atoms with van der Waals surface area (Å²) in [6.07, 6.45) is 0.760. The Morgan fingerprint density at radius 2 is 1.96 bits per heavy atom. The lowest BCUT2D eigenvalue weighted by Gasteiger charge is -2.13. The molecule has 0 aliphatic heterocycles. The highest BCUT2D eigenvalue weighted by Gasteiger charge is 2.18. The van der Waals surface area contributed by atoms with Crippen LogP contribution in [0.5, 0.6) is 5.75 Å². The van der Waals surface area contributed by atoms with Crippen molar-refractivity contribution in [2.75, 3.05) is 7.11 Å². The molecule has 1 heterocycles. The van der Waals surface area contributed by atoms with Crippen LogP contribution in [0.15, 0.2) is 47.1 Å². The van der Waals surface area contributed by atoms with Crippen molar-refractivity contribution < 1.29 is 23.5 Å². The molecular weight excluding hydrogens is 298 g/mol. The van der Waals surface area contributed by atoms with Gasteiger partial charge in [-0.3, -0.25) is 9.59 Å². The normalized spacial score (nSPS) is 11.6. The Balaban J connectivity index is 1.77. The third-order valence-electron chi connectivity index (χ3n) is 3.20. The summed E-state index contributed by atoms with van der Waals surface area (Å²) >= 11 is 0. The van der Waals surface area contributed by atoms with E-state index in [-0.39, 0.29) is 18.9 Å². The molecule has 1 aromatic heterocycles. The first-order valence-electron chi connectivity index (χ1n) is 7.21. The number of methoxy groups -OCH3 is 1. The van der Waals surface area contributed by atoms with Gasteiger partial charge in [-0.25, -0.2) is 0 Å². The number of hydrogen-bond donors (Lipinski definition) is 1. The summed E-state index contributed by atoms with van der Waals surface area (Å²) in [6.45, 7) is 1.79. The zero-order valence-corrected chi connectivity index (χ0v) is 13.1. The Morgan fingerprint density at radius 1 is 1.22 bits per heavy atom. The van der Waals surface area contributed by atoms with Crippen molar-refractivity contribution in [1.82, 2.24) is 5.32 Å². The number of benzene rings is 1. The molecule has 0 fully saturated rings. The Labute approximate surface area is 134 Å². The van der Waals surface area contributed by atoms with Crippen molar-refractivity contribution in [2.24, 2.45) is 0 Å². The maximum atomic E-state index is 11.9. The van der Waals surface area contributed by atoms with Gasteiger partial charge in [-0.15, -0.1) is 0 Å². The third kappa shape index (κ3) is 5.18. The summed E-state index contributed by atoms with van der Waals surface area (Å²) in [6, 6.07) is 10.6. The van der Waals surface area contributed by atoms with Crippen molar-refractivity contribution in [3.05, 3.63) is 54.0 Å². The van der Waals surface area contributed by atoms with Crippen LogP contribution in [-0.4, -0.2) is 25.1 Å². The zero-order valence-electron chi connectivity index (χ0n) is 13.1. The number of nitrogens with one attached hydrogen (secondary N) is 1. The van der Waals surface area contributed by atoms with E-state index in [1.807, 2.05) is 0 Å². The van der Waals surface area contributed by atoms with E-state index in [1.165, 1.54) is 13.2 Å². The van der Waals surface area contributed by atoms with Crippen LogP contribution >= 0.6 is 0 Å². The fourth-order valence-corrected chi connectivity index (χ4v) is 1.93. The molecule has 122 valence electrons. The molecule has 2 aromatic rings. The fraction of sp³-hybridized carbons (Fsp3) is 0.294. The lowest BCUT2D eigenvalue weighted by molar-refractivity contribution is -0.154. The molecule has 0 bridgehead atoms. The van der Waals surface area contributed by atoms with Gasteiger partial charge in [-0.1, -0.05) is 12.1 Å². The molecule has 0 spiro atoms. The number of carbonyl (C=O) groups is 2. The summed E-state index contributed by atoms with van der Waals surface area (Å²) in [7, 11) is 1.58.